The Morgan fingerprint density at radius 3 is 2.39 bits per heavy atom. The highest BCUT2D eigenvalue weighted by atomic mass is 35.5. The zero-order valence-electron chi connectivity index (χ0n) is 13.4. The first kappa shape index (κ1) is 16.6. The fraction of sp³-hybridized carbons (Fsp3) is 0.300. The molecule has 1 nitrogen and oxygen atoms in total. The summed E-state index contributed by atoms with van der Waals surface area (Å²) in [5.74, 6) is 0. The summed E-state index contributed by atoms with van der Waals surface area (Å²) in [6.45, 7) is 5.70. The Morgan fingerprint density at radius 2 is 1.74 bits per heavy atom. The van der Waals surface area contributed by atoms with Crippen LogP contribution < -0.4 is 0 Å². The first-order valence-electron chi connectivity index (χ1n) is 8.08. The number of benzene rings is 2. The summed E-state index contributed by atoms with van der Waals surface area (Å²) in [5, 5.41) is 1.35. The van der Waals surface area contributed by atoms with Crippen molar-refractivity contribution in [2.24, 2.45) is 0 Å². The highest BCUT2D eigenvalue weighted by molar-refractivity contribution is 6.36. The fourth-order valence-electron chi connectivity index (χ4n) is 2.99. The Bertz CT molecular complexity index is 698. The number of likely N-dealkylation sites (tertiary alicyclic amines) is 1. The quantitative estimate of drug-likeness (QED) is 0.641. The maximum Gasteiger partial charge on any atom is 0.0499 e. The van der Waals surface area contributed by atoms with Gasteiger partial charge in [-0.05, 0) is 61.7 Å². The third kappa shape index (κ3) is 4.17. The fourth-order valence-corrected chi connectivity index (χ4v) is 3.50. The molecular weight excluding hydrogens is 325 g/mol. The minimum atomic E-state index is 0.663. The van der Waals surface area contributed by atoms with E-state index in [1.165, 1.54) is 37.1 Å². The number of nitrogens with zero attached hydrogens (tertiary/aromatic N) is 1. The van der Waals surface area contributed by atoms with Gasteiger partial charge in [-0.15, -0.1) is 0 Å². The summed E-state index contributed by atoms with van der Waals surface area (Å²) < 4.78 is 0. The molecule has 0 aliphatic carbocycles. The molecule has 0 saturated carbocycles. The minimum Gasteiger partial charge on any atom is -0.300 e. The zero-order valence-corrected chi connectivity index (χ0v) is 14.9. The Labute approximate surface area is 148 Å². The third-order valence-corrected chi connectivity index (χ3v) is 4.98. The minimum absolute atomic E-state index is 0.663. The number of halogens is 2. The second kappa shape index (κ2) is 7.53. The molecule has 0 spiro atoms. The van der Waals surface area contributed by atoms with E-state index in [1.807, 2.05) is 12.1 Å². The van der Waals surface area contributed by atoms with Crippen molar-refractivity contribution >= 4 is 28.8 Å². The zero-order chi connectivity index (χ0) is 16.2. The lowest BCUT2D eigenvalue weighted by Crippen LogP contribution is -2.18. The Morgan fingerprint density at radius 1 is 1.04 bits per heavy atom. The first-order chi connectivity index (χ1) is 11.1. The summed E-state index contributed by atoms with van der Waals surface area (Å²) in [4.78, 5) is 2.51. The van der Waals surface area contributed by atoms with Crippen LogP contribution in [0, 0.1) is 0 Å². The predicted molar refractivity (Wildman–Crippen MR) is 101 cm³/mol. The van der Waals surface area contributed by atoms with Gasteiger partial charge in [0, 0.05) is 22.2 Å². The molecule has 23 heavy (non-hydrogen) atoms. The number of allylic oxidation sites excluding steroid dienone is 1. The predicted octanol–water partition coefficient (Wildman–Crippen LogP) is 6.16. The van der Waals surface area contributed by atoms with Crippen LogP contribution in [0.1, 0.15) is 25.3 Å². The van der Waals surface area contributed by atoms with E-state index in [1.54, 1.807) is 6.07 Å². The van der Waals surface area contributed by atoms with Crippen molar-refractivity contribution in [3.8, 4) is 11.1 Å². The van der Waals surface area contributed by atoms with E-state index in [4.69, 9.17) is 23.2 Å². The van der Waals surface area contributed by atoms with Gasteiger partial charge in [-0.2, -0.15) is 0 Å². The van der Waals surface area contributed by atoms with Crippen LogP contribution in [0.15, 0.2) is 48.5 Å². The topological polar surface area (TPSA) is 3.24 Å². The second-order valence-electron chi connectivity index (χ2n) is 6.10. The average molecular weight is 346 g/mol. The second-order valence-corrected chi connectivity index (χ2v) is 6.94. The van der Waals surface area contributed by atoms with E-state index in [0.717, 1.165) is 17.7 Å². The van der Waals surface area contributed by atoms with Gasteiger partial charge in [0.05, 0.1) is 0 Å². The Balaban J connectivity index is 1.74. The lowest BCUT2D eigenvalue weighted by atomic mass is 10.0. The van der Waals surface area contributed by atoms with Gasteiger partial charge in [0.2, 0.25) is 0 Å². The van der Waals surface area contributed by atoms with Gasteiger partial charge in [0.15, 0.2) is 0 Å². The maximum absolute atomic E-state index is 6.29. The van der Waals surface area contributed by atoms with Crippen LogP contribution >= 0.6 is 23.2 Å². The summed E-state index contributed by atoms with van der Waals surface area (Å²) in [5.41, 5.74) is 4.72. The normalized spacial score (nSPS) is 16.0. The average Bonchev–Trinajstić information content (AvgIpc) is 3.06. The lowest BCUT2D eigenvalue weighted by molar-refractivity contribution is 0.377. The molecule has 0 amide bonds. The molecule has 3 rings (SSSR count). The summed E-state index contributed by atoms with van der Waals surface area (Å²) in [6.07, 6.45) is 5.00. The van der Waals surface area contributed by atoms with E-state index < -0.39 is 0 Å². The van der Waals surface area contributed by atoms with Gasteiger partial charge in [-0.1, -0.05) is 59.6 Å². The highest BCUT2D eigenvalue weighted by Gasteiger charge is 2.09. The molecule has 3 heteroatoms. The van der Waals surface area contributed by atoms with Gasteiger partial charge in [-0.25, -0.2) is 0 Å². The van der Waals surface area contributed by atoms with Crippen LogP contribution in [0.5, 0.6) is 0 Å². The van der Waals surface area contributed by atoms with Gasteiger partial charge >= 0.3 is 0 Å². The van der Waals surface area contributed by atoms with Crippen LogP contribution in [0.4, 0.5) is 0 Å². The molecule has 0 bridgehead atoms. The lowest BCUT2D eigenvalue weighted by Gasteiger charge is -2.12. The van der Waals surface area contributed by atoms with Gasteiger partial charge < -0.3 is 0 Å². The SMILES string of the molecule is C/C(=C/CN1CCCC1)c1ccc(-c2ccc(Cl)cc2Cl)cc1. The largest absolute Gasteiger partial charge is 0.300 e. The summed E-state index contributed by atoms with van der Waals surface area (Å²) in [7, 11) is 0. The Hall–Kier alpha value is -1.28. The maximum atomic E-state index is 6.29. The van der Waals surface area contributed by atoms with E-state index in [-0.39, 0.29) is 0 Å². The number of hydrogen-bond acceptors (Lipinski definition) is 1. The molecule has 0 N–H and O–H groups in total. The Kier molecular flexibility index (Phi) is 5.42. The monoisotopic (exact) mass is 345 g/mol. The van der Waals surface area contributed by atoms with E-state index >= 15 is 0 Å². The number of hydrogen-bond donors (Lipinski definition) is 0. The van der Waals surface area contributed by atoms with Crippen molar-refractivity contribution < 1.29 is 0 Å². The molecule has 2 aromatic rings. The molecule has 1 heterocycles. The van der Waals surface area contributed by atoms with Gasteiger partial charge in [0.1, 0.15) is 0 Å². The van der Waals surface area contributed by atoms with E-state index in [2.05, 4.69) is 42.2 Å². The molecule has 0 aromatic heterocycles. The first-order valence-corrected chi connectivity index (χ1v) is 8.84. The molecule has 1 aliphatic rings. The van der Waals surface area contributed by atoms with Crippen LogP contribution in [0.3, 0.4) is 0 Å². The summed E-state index contributed by atoms with van der Waals surface area (Å²) >= 11 is 12.3. The molecule has 0 radical (unpaired) electrons. The molecule has 1 saturated heterocycles. The van der Waals surface area contributed by atoms with Gasteiger partial charge in [-0.3, -0.25) is 4.90 Å². The van der Waals surface area contributed by atoms with Crippen molar-refractivity contribution in [1.82, 2.24) is 4.90 Å². The number of rotatable bonds is 4. The highest BCUT2D eigenvalue weighted by Crippen LogP contribution is 2.31. The van der Waals surface area contributed by atoms with Crippen molar-refractivity contribution in [1.29, 1.82) is 0 Å². The van der Waals surface area contributed by atoms with Crippen molar-refractivity contribution in [3.05, 3.63) is 64.1 Å². The van der Waals surface area contributed by atoms with Crippen molar-refractivity contribution in [3.63, 3.8) is 0 Å². The van der Waals surface area contributed by atoms with E-state index in [0.29, 0.717) is 10.0 Å². The molecule has 0 unspecified atom stereocenters. The van der Waals surface area contributed by atoms with Gasteiger partial charge in [0.25, 0.3) is 0 Å². The molecular formula is C20H21Cl2N. The van der Waals surface area contributed by atoms with Crippen LogP contribution in [-0.4, -0.2) is 24.5 Å². The molecule has 2 aromatic carbocycles. The summed E-state index contributed by atoms with van der Waals surface area (Å²) in [6, 6.07) is 14.2. The molecule has 1 fully saturated rings. The molecule has 1 aliphatic heterocycles. The van der Waals surface area contributed by atoms with Crippen molar-refractivity contribution in [2.75, 3.05) is 19.6 Å². The standard InChI is InChI=1S/C20H21Cl2N/c1-15(10-13-23-11-2-3-12-23)16-4-6-17(7-5-16)19-9-8-18(21)14-20(19)22/h4-10,14H,2-3,11-13H2,1H3/b15-10-. The van der Waals surface area contributed by atoms with Crippen LogP contribution in [0.2, 0.25) is 10.0 Å². The smallest absolute Gasteiger partial charge is 0.0499 e. The molecule has 0 atom stereocenters. The molecule has 120 valence electrons. The van der Waals surface area contributed by atoms with E-state index in [9.17, 15) is 0 Å². The van der Waals surface area contributed by atoms with Crippen LogP contribution in [0.25, 0.3) is 16.7 Å². The van der Waals surface area contributed by atoms with Crippen molar-refractivity contribution in [2.45, 2.75) is 19.8 Å². The van der Waals surface area contributed by atoms with Crippen LogP contribution in [-0.2, 0) is 0 Å². The third-order valence-electron chi connectivity index (χ3n) is 4.44.